The molecule has 2 aliphatic carbocycles. The molecule has 0 radical (unpaired) electrons. The third-order valence-electron chi connectivity index (χ3n) is 5.50. The molecule has 2 fully saturated rings. The Morgan fingerprint density at radius 3 is 1.92 bits per heavy atom. The van der Waals surface area contributed by atoms with Gasteiger partial charge in [-0.25, -0.2) is 4.79 Å². The molecule has 0 bridgehead atoms. The number of ether oxygens (including phenoxy) is 3. The summed E-state index contributed by atoms with van der Waals surface area (Å²) in [6, 6.07) is 3.96. The predicted octanol–water partition coefficient (Wildman–Crippen LogP) is 3.60. The molecule has 0 aliphatic heterocycles. The molecule has 26 heavy (non-hydrogen) atoms. The summed E-state index contributed by atoms with van der Waals surface area (Å²) in [4.78, 5) is 14.7. The maximum atomic E-state index is 12.8. The van der Waals surface area contributed by atoms with Gasteiger partial charge in [-0.15, -0.1) is 0 Å². The summed E-state index contributed by atoms with van der Waals surface area (Å²) >= 11 is 0. The van der Waals surface area contributed by atoms with Gasteiger partial charge >= 0.3 is 6.03 Å². The van der Waals surface area contributed by atoms with Crippen molar-refractivity contribution in [3.63, 3.8) is 0 Å². The molecule has 6 heteroatoms. The van der Waals surface area contributed by atoms with Crippen LogP contribution in [0.25, 0.3) is 0 Å². The minimum Gasteiger partial charge on any atom is -0.493 e. The SMILES string of the molecule is COc1cc([C@@H](C)NC(=O)N(C)C(C2CC2)C2CC2)cc(OC)c1OC. The van der Waals surface area contributed by atoms with Gasteiger partial charge < -0.3 is 24.4 Å². The molecular weight excluding hydrogens is 332 g/mol. The normalized spacial score (nSPS) is 17.6. The van der Waals surface area contributed by atoms with E-state index in [1.165, 1.54) is 25.7 Å². The van der Waals surface area contributed by atoms with E-state index in [9.17, 15) is 4.79 Å². The summed E-state index contributed by atoms with van der Waals surface area (Å²) in [6.45, 7) is 1.97. The zero-order valence-corrected chi connectivity index (χ0v) is 16.4. The Balaban J connectivity index is 1.72. The Morgan fingerprint density at radius 1 is 1.04 bits per heavy atom. The molecule has 144 valence electrons. The third-order valence-corrected chi connectivity index (χ3v) is 5.50. The number of hydrogen-bond acceptors (Lipinski definition) is 4. The highest BCUT2D eigenvalue weighted by Gasteiger charge is 2.45. The largest absolute Gasteiger partial charge is 0.493 e. The quantitative estimate of drug-likeness (QED) is 0.767. The third kappa shape index (κ3) is 3.84. The number of rotatable bonds is 8. The molecule has 0 aromatic heterocycles. The maximum absolute atomic E-state index is 12.8. The Kier molecular flexibility index (Phi) is 5.49. The van der Waals surface area contributed by atoms with E-state index in [4.69, 9.17) is 14.2 Å². The number of benzene rings is 1. The molecular formula is C20H30N2O4. The van der Waals surface area contributed by atoms with Crippen molar-refractivity contribution >= 4 is 6.03 Å². The lowest BCUT2D eigenvalue weighted by molar-refractivity contribution is 0.171. The van der Waals surface area contributed by atoms with Crippen LogP contribution in [0.3, 0.4) is 0 Å². The number of methoxy groups -OCH3 is 3. The highest BCUT2D eigenvalue weighted by molar-refractivity contribution is 5.75. The summed E-state index contributed by atoms with van der Waals surface area (Å²) < 4.78 is 16.2. The molecule has 1 N–H and O–H groups in total. The van der Waals surface area contributed by atoms with Crippen LogP contribution in [0.1, 0.15) is 44.2 Å². The number of carbonyl (C=O) groups is 1. The second kappa shape index (κ2) is 7.64. The molecule has 2 amide bonds. The fourth-order valence-corrected chi connectivity index (χ4v) is 3.75. The maximum Gasteiger partial charge on any atom is 0.317 e. The smallest absolute Gasteiger partial charge is 0.317 e. The minimum atomic E-state index is -0.169. The molecule has 1 aromatic carbocycles. The second-order valence-corrected chi connectivity index (χ2v) is 7.41. The van der Waals surface area contributed by atoms with Gasteiger partial charge in [0.2, 0.25) is 5.75 Å². The molecule has 0 spiro atoms. The predicted molar refractivity (Wildman–Crippen MR) is 100 cm³/mol. The van der Waals surface area contributed by atoms with Crippen molar-refractivity contribution in [3.8, 4) is 17.2 Å². The molecule has 2 aliphatic rings. The van der Waals surface area contributed by atoms with Crippen LogP contribution in [-0.2, 0) is 0 Å². The minimum absolute atomic E-state index is 0.0185. The van der Waals surface area contributed by atoms with Crippen LogP contribution in [0.4, 0.5) is 4.79 Å². The van der Waals surface area contributed by atoms with Crippen LogP contribution in [0.2, 0.25) is 0 Å². The van der Waals surface area contributed by atoms with Gasteiger partial charge in [-0.2, -0.15) is 0 Å². The number of hydrogen-bond donors (Lipinski definition) is 1. The Morgan fingerprint density at radius 2 is 1.54 bits per heavy atom. The van der Waals surface area contributed by atoms with Crippen molar-refractivity contribution in [2.75, 3.05) is 28.4 Å². The van der Waals surface area contributed by atoms with Crippen molar-refractivity contribution in [1.29, 1.82) is 0 Å². The van der Waals surface area contributed by atoms with E-state index >= 15 is 0 Å². The van der Waals surface area contributed by atoms with Gasteiger partial charge in [-0.3, -0.25) is 0 Å². The van der Waals surface area contributed by atoms with E-state index in [2.05, 4.69) is 5.32 Å². The average Bonchev–Trinajstić information content (AvgIpc) is 3.55. The summed E-state index contributed by atoms with van der Waals surface area (Å²) in [5, 5.41) is 3.12. The van der Waals surface area contributed by atoms with E-state index in [-0.39, 0.29) is 12.1 Å². The molecule has 6 nitrogen and oxygen atoms in total. The number of nitrogens with one attached hydrogen (secondary N) is 1. The van der Waals surface area contributed by atoms with Crippen molar-refractivity contribution < 1.29 is 19.0 Å². The van der Waals surface area contributed by atoms with Crippen LogP contribution < -0.4 is 19.5 Å². The highest BCUT2D eigenvalue weighted by atomic mass is 16.5. The van der Waals surface area contributed by atoms with Crippen molar-refractivity contribution in [2.45, 2.75) is 44.7 Å². The molecule has 0 saturated heterocycles. The van der Waals surface area contributed by atoms with Crippen LogP contribution in [0.15, 0.2) is 12.1 Å². The molecule has 0 unspecified atom stereocenters. The first-order valence-electron chi connectivity index (χ1n) is 9.33. The molecule has 2 saturated carbocycles. The first-order chi connectivity index (χ1) is 12.5. The van der Waals surface area contributed by atoms with E-state index in [1.807, 2.05) is 31.0 Å². The fourth-order valence-electron chi connectivity index (χ4n) is 3.75. The summed E-state index contributed by atoms with van der Waals surface area (Å²) in [6.07, 6.45) is 5.00. The molecule has 1 aromatic rings. The Hall–Kier alpha value is -2.11. The zero-order valence-electron chi connectivity index (χ0n) is 16.4. The van der Waals surface area contributed by atoms with Crippen LogP contribution in [0, 0.1) is 11.8 Å². The molecule has 0 heterocycles. The number of carbonyl (C=O) groups excluding carboxylic acids is 1. The van der Waals surface area contributed by atoms with E-state index in [0.717, 1.165) is 5.56 Å². The summed E-state index contributed by atoms with van der Waals surface area (Å²) in [7, 11) is 6.69. The standard InChI is InChI=1S/C20H30N2O4/c1-12(15-10-16(24-3)19(26-5)17(11-15)25-4)21-20(23)22(2)18(13-6-7-13)14-8-9-14/h10-14,18H,6-9H2,1-5H3,(H,21,23)/t12-/m1/s1. The number of amides is 2. The molecule has 1 atom stereocenters. The Bertz CT molecular complexity index is 618. The van der Waals surface area contributed by atoms with Crippen LogP contribution in [0.5, 0.6) is 17.2 Å². The van der Waals surface area contributed by atoms with Crippen molar-refractivity contribution in [2.24, 2.45) is 11.8 Å². The van der Waals surface area contributed by atoms with E-state index in [0.29, 0.717) is 35.1 Å². The zero-order chi connectivity index (χ0) is 18.8. The summed E-state index contributed by atoms with van der Waals surface area (Å²) in [5.74, 6) is 3.11. The Labute approximate surface area is 155 Å². The van der Waals surface area contributed by atoms with E-state index in [1.54, 1.807) is 21.3 Å². The fraction of sp³-hybridized carbons (Fsp3) is 0.650. The topological polar surface area (TPSA) is 60.0 Å². The van der Waals surface area contributed by atoms with Crippen molar-refractivity contribution in [3.05, 3.63) is 17.7 Å². The number of urea groups is 1. The van der Waals surface area contributed by atoms with Crippen LogP contribution in [-0.4, -0.2) is 45.3 Å². The van der Waals surface area contributed by atoms with Gasteiger partial charge in [0.25, 0.3) is 0 Å². The lowest BCUT2D eigenvalue weighted by Gasteiger charge is -2.30. The van der Waals surface area contributed by atoms with Crippen LogP contribution >= 0.6 is 0 Å². The first-order valence-corrected chi connectivity index (χ1v) is 9.33. The van der Waals surface area contributed by atoms with E-state index < -0.39 is 0 Å². The van der Waals surface area contributed by atoms with Gasteiger partial charge in [-0.05, 0) is 62.1 Å². The highest BCUT2D eigenvalue weighted by Crippen LogP contribution is 2.47. The lowest BCUT2D eigenvalue weighted by Crippen LogP contribution is -2.46. The second-order valence-electron chi connectivity index (χ2n) is 7.41. The van der Waals surface area contributed by atoms with Gasteiger partial charge in [0.05, 0.1) is 27.4 Å². The summed E-state index contributed by atoms with van der Waals surface area (Å²) in [5.41, 5.74) is 0.913. The van der Waals surface area contributed by atoms with Gasteiger partial charge in [-0.1, -0.05) is 0 Å². The monoisotopic (exact) mass is 362 g/mol. The lowest BCUT2D eigenvalue weighted by atomic mass is 10.1. The van der Waals surface area contributed by atoms with Crippen molar-refractivity contribution in [1.82, 2.24) is 10.2 Å². The van der Waals surface area contributed by atoms with Gasteiger partial charge in [0.15, 0.2) is 11.5 Å². The molecule has 3 rings (SSSR count). The van der Waals surface area contributed by atoms with Gasteiger partial charge in [0.1, 0.15) is 0 Å². The number of nitrogens with zero attached hydrogens (tertiary/aromatic N) is 1. The average molecular weight is 362 g/mol. The van der Waals surface area contributed by atoms with Gasteiger partial charge in [0, 0.05) is 13.1 Å². The first kappa shape index (κ1) is 18.7.